The molecular formula is C12H15F2NO4. The first-order valence-corrected chi connectivity index (χ1v) is 6.03. The summed E-state index contributed by atoms with van der Waals surface area (Å²) < 4.78 is 25.7. The molecule has 7 heteroatoms. The third-order valence-electron chi connectivity index (χ3n) is 3.80. The van der Waals surface area contributed by atoms with Crippen LogP contribution in [0.25, 0.3) is 0 Å². The van der Waals surface area contributed by atoms with E-state index in [1.54, 1.807) is 12.2 Å². The number of carboxylic acids is 1. The van der Waals surface area contributed by atoms with Crippen molar-refractivity contribution in [2.24, 2.45) is 23.7 Å². The molecule has 4 atom stereocenters. The van der Waals surface area contributed by atoms with Crippen LogP contribution in [0.2, 0.25) is 0 Å². The largest absolute Gasteiger partial charge is 0.481 e. The van der Waals surface area contributed by atoms with E-state index in [4.69, 9.17) is 10.2 Å². The summed E-state index contributed by atoms with van der Waals surface area (Å²) in [5.41, 5.74) is 0. The number of carboxylic acid groups (broad SMARTS) is 1. The van der Waals surface area contributed by atoms with Crippen LogP contribution in [0.1, 0.15) is 6.42 Å². The summed E-state index contributed by atoms with van der Waals surface area (Å²) in [6.45, 7) is -2.33. The molecule has 0 heterocycles. The van der Waals surface area contributed by atoms with Gasteiger partial charge in [-0.05, 0) is 18.3 Å². The maximum absolute atomic E-state index is 12.8. The van der Waals surface area contributed by atoms with E-state index in [1.165, 1.54) is 0 Å². The lowest BCUT2D eigenvalue weighted by atomic mass is 9.82. The zero-order valence-electron chi connectivity index (χ0n) is 10.1. The molecule has 2 aliphatic rings. The van der Waals surface area contributed by atoms with E-state index in [-0.39, 0.29) is 11.8 Å². The summed E-state index contributed by atoms with van der Waals surface area (Å²) in [4.78, 5) is 23.1. The van der Waals surface area contributed by atoms with Crippen LogP contribution in [0.4, 0.5) is 8.78 Å². The molecule has 1 saturated carbocycles. The Morgan fingerprint density at radius 1 is 1.26 bits per heavy atom. The van der Waals surface area contributed by atoms with Gasteiger partial charge in [-0.25, -0.2) is 8.78 Å². The highest BCUT2D eigenvalue weighted by atomic mass is 19.3. The number of alkyl halides is 2. The molecule has 0 aromatic carbocycles. The zero-order valence-corrected chi connectivity index (χ0v) is 10.1. The molecule has 2 rings (SSSR count). The van der Waals surface area contributed by atoms with Crippen molar-refractivity contribution in [2.45, 2.75) is 12.3 Å². The monoisotopic (exact) mass is 275 g/mol. The number of fused-ring (bicyclic) bond motifs is 2. The maximum Gasteiger partial charge on any atom is 0.307 e. The van der Waals surface area contributed by atoms with Crippen molar-refractivity contribution in [3.05, 3.63) is 12.2 Å². The molecule has 0 aromatic heterocycles. The van der Waals surface area contributed by atoms with Gasteiger partial charge in [-0.1, -0.05) is 12.2 Å². The van der Waals surface area contributed by atoms with E-state index < -0.39 is 42.8 Å². The second kappa shape index (κ2) is 4.88. The Labute approximate surface area is 108 Å². The standard InChI is InChI=1S/C12H15F2NO4/c13-12(14,5-16)4-15-10(17)8-6-1-2-7(3-6)9(8)11(18)19/h1-2,6-9,16H,3-5H2,(H,15,17)(H,18,19)/t6?,7?,8-,9+/m0/s1. The summed E-state index contributed by atoms with van der Waals surface area (Å²) in [6, 6.07) is 0. The smallest absolute Gasteiger partial charge is 0.307 e. The van der Waals surface area contributed by atoms with Gasteiger partial charge in [-0.15, -0.1) is 0 Å². The molecule has 19 heavy (non-hydrogen) atoms. The van der Waals surface area contributed by atoms with Crippen molar-refractivity contribution in [2.75, 3.05) is 13.2 Å². The van der Waals surface area contributed by atoms with E-state index >= 15 is 0 Å². The minimum atomic E-state index is -3.39. The summed E-state index contributed by atoms with van der Waals surface area (Å²) in [7, 11) is 0. The van der Waals surface area contributed by atoms with Gasteiger partial charge in [0.25, 0.3) is 5.92 Å². The van der Waals surface area contributed by atoms with Crippen LogP contribution >= 0.6 is 0 Å². The Kier molecular flexibility index (Phi) is 3.58. The Morgan fingerprint density at radius 3 is 2.37 bits per heavy atom. The van der Waals surface area contributed by atoms with Gasteiger partial charge in [0, 0.05) is 0 Å². The molecule has 106 valence electrons. The Morgan fingerprint density at radius 2 is 1.84 bits per heavy atom. The van der Waals surface area contributed by atoms with Crippen molar-refractivity contribution in [1.29, 1.82) is 0 Å². The molecule has 2 bridgehead atoms. The fourth-order valence-corrected chi connectivity index (χ4v) is 2.91. The van der Waals surface area contributed by atoms with Gasteiger partial charge in [0.1, 0.15) is 6.61 Å². The average molecular weight is 275 g/mol. The van der Waals surface area contributed by atoms with Crippen LogP contribution in [-0.4, -0.2) is 41.2 Å². The van der Waals surface area contributed by atoms with Crippen LogP contribution in [-0.2, 0) is 9.59 Å². The molecule has 5 nitrogen and oxygen atoms in total. The lowest BCUT2D eigenvalue weighted by Gasteiger charge is -2.24. The van der Waals surface area contributed by atoms with Gasteiger partial charge in [-0.3, -0.25) is 9.59 Å². The van der Waals surface area contributed by atoms with Gasteiger partial charge in [0.2, 0.25) is 5.91 Å². The van der Waals surface area contributed by atoms with Gasteiger partial charge < -0.3 is 15.5 Å². The van der Waals surface area contributed by atoms with Crippen LogP contribution < -0.4 is 5.32 Å². The highest BCUT2D eigenvalue weighted by molar-refractivity contribution is 5.86. The molecule has 2 unspecified atom stereocenters. The zero-order chi connectivity index (χ0) is 14.2. The Bertz CT molecular complexity index is 424. The van der Waals surface area contributed by atoms with Gasteiger partial charge >= 0.3 is 5.97 Å². The second-order valence-corrected chi connectivity index (χ2v) is 5.07. The van der Waals surface area contributed by atoms with E-state index in [1.807, 2.05) is 5.32 Å². The lowest BCUT2D eigenvalue weighted by molar-refractivity contribution is -0.148. The third-order valence-corrected chi connectivity index (χ3v) is 3.80. The quantitative estimate of drug-likeness (QED) is 0.628. The van der Waals surface area contributed by atoms with Crippen molar-refractivity contribution in [3.8, 4) is 0 Å². The van der Waals surface area contributed by atoms with E-state index in [0.29, 0.717) is 6.42 Å². The number of aliphatic hydroxyl groups excluding tert-OH is 1. The molecule has 0 spiro atoms. The summed E-state index contributed by atoms with van der Waals surface area (Å²) in [5, 5.41) is 19.6. The van der Waals surface area contributed by atoms with E-state index in [9.17, 15) is 18.4 Å². The molecule has 0 saturated heterocycles. The molecule has 0 radical (unpaired) electrons. The minimum Gasteiger partial charge on any atom is -0.481 e. The fourth-order valence-electron chi connectivity index (χ4n) is 2.91. The van der Waals surface area contributed by atoms with Crippen LogP contribution in [0, 0.1) is 23.7 Å². The van der Waals surface area contributed by atoms with Crippen molar-refractivity contribution < 1.29 is 28.6 Å². The predicted octanol–water partition coefficient (Wildman–Crippen LogP) is 0.253. The second-order valence-electron chi connectivity index (χ2n) is 5.07. The van der Waals surface area contributed by atoms with E-state index in [0.717, 1.165) is 0 Å². The number of carbonyl (C=O) groups excluding carboxylic acids is 1. The summed E-state index contributed by atoms with van der Waals surface area (Å²) in [5.74, 6) is -7.20. The number of aliphatic carboxylic acids is 1. The number of hydrogen-bond acceptors (Lipinski definition) is 3. The van der Waals surface area contributed by atoms with Gasteiger partial charge in [-0.2, -0.15) is 0 Å². The molecule has 0 aromatic rings. The SMILES string of the molecule is O=C(O)[C@@H]1C2C=CC(C2)[C@@H]1C(=O)NCC(F)(F)CO. The molecule has 1 fully saturated rings. The molecular weight excluding hydrogens is 260 g/mol. The van der Waals surface area contributed by atoms with Gasteiger partial charge in [0.15, 0.2) is 0 Å². The van der Waals surface area contributed by atoms with Gasteiger partial charge in [0.05, 0.1) is 18.4 Å². The Balaban J connectivity index is 2.02. The number of halogens is 2. The summed E-state index contributed by atoms with van der Waals surface area (Å²) >= 11 is 0. The highest BCUT2D eigenvalue weighted by Gasteiger charge is 2.51. The molecule has 0 aliphatic heterocycles. The Hall–Kier alpha value is -1.50. The molecule has 3 N–H and O–H groups in total. The van der Waals surface area contributed by atoms with Crippen molar-refractivity contribution in [3.63, 3.8) is 0 Å². The first-order valence-electron chi connectivity index (χ1n) is 6.03. The van der Waals surface area contributed by atoms with Crippen molar-refractivity contribution >= 4 is 11.9 Å². The fraction of sp³-hybridized carbons (Fsp3) is 0.667. The summed E-state index contributed by atoms with van der Waals surface area (Å²) in [6.07, 6.45) is 4.12. The molecule has 2 aliphatic carbocycles. The number of nitrogens with one attached hydrogen (secondary N) is 1. The van der Waals surface area contributed by atoms with Crippen LogP contribution in [0.5, 0.6) is 0 Å². The number of aliphatic hydroxyl groups is 1. The maximum atomic E-state index is 12.8. The highest BCUT2D eigenvalue weighted by Crippen LogP contribution is 2.48. The van der Waals surface area contributed by atoms with Crippen LogP contribution in [0.15, 0.2) is 12.2 Å². The third kappa shape index (κ3) is 2.60. The van der Waals surface area contributed by atoms with E-state index in [2.05, 4.69) is 0 Å². The average Bonchev–Trinajstić information content (AvgIpc) is 2.95. The normalized spacial score (nSPS) is 32.6. The number of allylic oxidation sites excluding steroid dienone is 2. The first kappa shape index (κ1) is 13.9. The van der Waals surface area contributed by atoms with Crippen molar-refractivity contribution in [1.82, 2.24) is 5.32 Å². The number of hydrogen-bond donors (Lipinski definition) is 3. The predicted molar refractivity (Wildman–Crippen MR) is 60.4 cm³/mol. The molecule has 1 amide bonds. The van der Waals surface area contributed by atoms with Crippen LogP contribution in [0.3, 0.4) is 0 Å². The lowest BCUT2D eigenvalue weighted by Crippen LogP contribution is -2.45. The first-order chi connectivity index (χ1) is 8.85. The minimum absolute atomic E-state index is 0.198. The number of rotatable bonds is 5. The number of amides is 1. The number of carbonyl (C=O) groups is 2. The topological polar surface area (TPSA) is 86.6 Å².